The minimum absolute atomic E-state index is 0.115. The summed E-state index contributed by atoms with van der Waals surface area (Å²) in [5.41, 5.74) is 2.92. The zero-order valence-corrected chi connectivity index (χ0v) is 14.7. The van der Waals surface area contributed by atoms with Gasteiger partial charge >= 0.3 is 0 Å². The molecule has 2 aliphatic rings. The Morgan fingerprint density at radius 3 is 2.60 bits per heavy atom. The minimum atomic E-state index is -0.115. The number of carbonyl (C=O) groups excluding carboxylic acids is 1. The summed E-state index contributed by atoms with van der Waals surface area (Å²) in [6, 6.07) is 13.7. The molecule has 0 aliphatic carbocycles. The molecule has 130 valence electrons. The number of rotatable bonds is 4. The van der Waals surface area contributed by atoms with Crippen molar-refractivity contribution in [1.29, 1.82) is 0 Å². The van der Waals surface area contributed by atoms with E-state index >= 15 is 0 Å². The Labute approximate surface area is 151 Å². The van der Waals surface area contributed by atoms with Gasteiger partial charge in [-0.05, 0) is 35.9 Å². The minimum Gasteiger partial charge on any atom is -0.454 e. The third-order valence-electron chi connectivity index (χ3n) is 4.40. The predicted octanol–water partition coefficient (Wildman–Crippen LogP) is 2.90. The summed E-state index contributed by atoms with van der Waals surface area (Å²) in [5, 5.41) is 2.95. The van der Waals surface area contributed by atoms with Crippen molar-refractivity contribution in [2.24, 2.45) is 0 Å². The first-order valence-electron chi connectivity index (χ1n) is 8.39. The summed E-state index contributed by atoms with van der Waals surface area (Å²) in [5.74, 6) is 3.57. The lowest BCUT2D eigenvalue weighted by Gasteiger charge is -2.28. The lowest BCUT2D eigenvalue weighted by Crippen LogP contribution is -2.32. The van der Waals surface area contributed by atoms with Crippen molar-refractivity contribution >= 4 is 23.4 Å². The molecule has 0 unspecified atom stereocenters. The normalized spacial score (nSPS) is 15.9. The number of hydrogen-bond acceptors (Lipinski definition) is 5. The van der Waals surface area contributed by atoms with E-state index in [1.807, 2.05) is 11.8 Å². The van der Waals surface area contributed by atoms with Crippen molar-refractivity contribution in [2.75, 3.05) is 36.3 Å². The van der Waals surface area contributed by atoms with Crippen LogP contribution in [0, 0.1) is 0 Å². The average Bonchev–Trinajstić information content (AvgIpc) is 3.15. The van der Waals surface area contributed by atoms with Gasteiger partial charge in [-0.25, -0.2) is 0 Å². The molecule has 2 heterocycles. The third kappa shape index (κ3) is 3.69. The molecule has 0 bridgehead atoms. The van der Waals surface area contributed by atoms with Crippen LogP contribution in [0.1, 0.15) is 15.9 Å². The quantitative estimate of drug-likeness (QED) is 0.913. The maximum atomic E-state index is 12.3. The van der Waals surface area contributed by atoms with E-state index in [1.165, 1.54) is 17.2 Å². The zero-order valence-electron chi connectivity index (χ0n) is 13.9. The van der Waals surface area contributed by atoms with E-state index in [0.29, 0.717) is 23.6 Å². The van der Waals surface area contributed by atoms with Gasteiger partial charge in [-0.3, -0.25) is 4.79 Å². The lowest BCUT2D eigenvalue weighted by molar-refractivity contribution is 0.0950. The molecule has 5 nitrogen and oxygen atoms in total. The highest BCUT2D eigenvalue weighted by atomic mass is 32.2. The van der Waals surface area contributed by atoms with Crippen molar-refractivity contribution < 1.29 is 14.3 Å². The van der Waals surface area contributed by atoms with E-state index in [9.17, 15) is 4.79 Å². The Balaban J connectivity index is 1.35. The van der Waals surface area contributed by atoms with Gasteiger partial charge in [0.2, 0.25) is 6.79 Å². The van der Waals surface area contributed by atoms with Gasteiger partial charge in [0.15, 0.2) is 11.5 Å². The van der Waals surface area contributed by atoms with E-state index in [0.717, 1.165) is 18.7 Å². The number of benzene rings is 2. The molecule has 0 radical (unpaired) electrons. The highest BCUT2D eigenvalue weighted by Gasteiger charge is 2.16. The SMILES string of the molecule is O=C(NCc1ccc(N2CCSCC2)cc1)c1ccc2c(c1)OCO2. The van der Waals surface area contributed by atoms with Crippen LogP contribution in [-0.2, 0) is 6.54 Å². The maximum absolute atomic E-state index is 12.3. The van der Waals surface area contributed by atoms with Crippen molar-refractivity contribution in [3.8, 4) is 11.5 Å². The maximum Gasteiger partial charge on any atom is 0.251 e. The Morgan fingerprint density at radius 2 is 1.80 bits per heavy atom. The molecule has 0 saturated carbocycles. The van der Waals surface area contributed by atoms with Crippen LogP contribution in [0.3, 0.4) is 0 Å². The van der Waals surface area contributed by atoms with Gasteiger partial charge in [-0.2, -0.15) is 11.8 Å². The van der Waals surface area contributed by atoms with E-state index in [1.54, 1.807) is 18.2 Å². The van der Waals surface area contributed by atoms with Gasteiger partial charge in [-0.15, -0.1) is 0 Å². The van der Waals surface area contributed by atoms with E-state index in [-0.39, 0.29) is 12.7 Å². The highest BCUT2D eigenvalue weighted by molar-refractivity contribution is 7.99. The first-order chi connectivity index (χ1) is 12.3. The molecular weight excluding hydrogens is 336 g/mol. The molecule has 2 aromatic rings. The molecule has 1 amide bonds. The number of anilines is 1. The lowest BCUT2D eigenvalue weighted by atomic mass is 10.1. The van der Waals surface area contributed by atoms with Crippen LogP contribution in [0.5, 0.6) is 11.5 Å². The smallest absolute Gasteiger partial charge is 0.251 e. The van der Waals surface area contributed by atoms with Crippen LogP contribution < -0.4 is 19.7 Å². The number of amides is 1. The van der Waals surface area contributed by atoms with Gasteiger partial charge in [0.1, 0.15) is 0 Å². The summed E-state index contributed by atoms with van der Waals surface area (Å²) in [4.78, 5) is 14.7. The molecule has 2 aliphatic heterocycles. The number of thioether (sulfide) groups is 1. The van der Waals surface area contributed by atoms with Crippen molar-refractivity contribution in [2.45, 2.75) is 6.54 Å². The van der Waals surface area contributed by atoms with Gasteiger partial charge in [0.25, 0.3) is 5.91 Å². The Morgan fingerprint density at radius 1 is 1.04 bits per heavy atom. The molecular formula is C19H20N2O3S. The molecule has 0 spiro atoms. The summed E-state index contributed by atoms with van der Waals surface area (Å²) < 4.78 is 10.6. The average molecular weight is 356 g/mol. The van der Waals surface area contributed by atoms with Crippen molar-refractivity contribution in [3.63, 3.8) is 0 Å². The fourth-order valence-electron chi connectivity index (χ4n) is 2.97. The largest absolute Gasteiger partial charge is 0.454 e. The first kappa shape index (κ1) is 16.1. The molecule has 1 N–H and O–H groups in total. The van der Waals surface area contributed by atoms with Crippen LogP contribution in [0.15, 0.2) is 42.5 Å². The topological polar surface area (TPSA) is 50.8 Å². The van der Waals surface area contributed by atoms with E-state index in [2.05, 4.69) is 34.5 Å². The molecule has 4 rings (SSSR count). The second-order valence-electron chi connectivity index (χ2n) is 6.02. The zero-order chi connectivity index (χ0) is 17.1. The number of carbonyl (C=O) groups is 1. The summed E-state index contributed by atoms with van der Waals surface area (Å²) in [6.07, 6.45) is 0. The Kier molecular flexibility index (Phi) is 4.70. The first-order valence-corrected chi connectivity index (χ1v) is 9.54. The van der Waals surface area contributed by atoms with Crippen LogP contribution in [0.4, 0.5) is 5.69 Å². The van der Waals surface area contributed by atoms with Crippen molar-refractivity contribution in [3.05, 3.63) is 53.6 Å². The molecule has 1 saturated heterocycles. The molecule has 2 aromatic carbocycles. The number of nitrogens with one attached hydrogen (secondary N) is 1. The van der Waals surface area contributed by atoms with Crippen LogP contribution in [0.25, 0.3) is 0 Å². The van der Waals surface area contributed by atoms with Gasteiger partial charge in [0, 0.05) is 42.4 Å². The number of nitrogens with zero attached hydrogens (tertiary/aromatic N) is 1. The number of fused-ring (bicyclic) bond motifs is 1. The van der Waals surface area contributed by atoms with E-state index < -0.39 is 0 Å². The third-order valence-corrected chi connectivity index (χ3v) is 5.34. The summed E-state index contributed by atoms with van der Waals surface area (Å²) in [6.45, 7) is 2.92. The molecule has 0 atom stereocenters. The molecule has 0 aromatic heterocycles. The van der Waals surface area contributed by atoms with Crippen LogP contribution in [0.2, 0.25) is 0 Å². The number of ether oxygens (including phenoxy) is 2. The van der Waals surface area contributed by atoms with Crippen LogP contribution >= 0.6 is 11.8 Å². The van der Waals surface area contributed by atoms with Gasteiger partial charge in [0.05, 0.1) is 0 Å². The number of hydrogen-bond donors (Lipinski definition) is 1. The Bertz CT molecular complexity index is 758. The van der Waals surface area contributed by atoms with Gasteiger partial charge < -0.3 is 19.7 Å². The highest BCUT2D eigenvalue weighted by Crippen LogP contribution is 2.32. The monoisotopic (exact) mass is 356 g/mol. The molecule has 6 heteroatoms. The summed E-state index contributed by atoms with van der Waals surface area (Å²) >= 11 is 2.01. The Hall–Kier alpha value is -2.34. The second-order valence-corrected chi connectivity index (χ2v) is 7.24. The van der Waals surface area contributed by atoms with Gasteiger partial charge in [-0.1, -0.05) is 12.1 Å². The van der Waals surface area contributed by atoms with E-state index in [4.69, 9.17) is 9.47 Å². The second kappa shape index (κ2) is 7.27. The van der Waals surface area contributed by atoms with Crippen molar-refractivity contribution in [1.82, 2.24) is 5.32 Å². The summed E-state index contributed by atoms with van der Waals surface area (Å²) in [7, 11) is 0. The standard InChI is InChI=1S/C19H20N2O3S/c22-19(15-3-6-17-18(11-15)24-13-23-17)20-12-14-1-4-16(5-2-14)21-7-9-25-10-8-21/h1-6,11H,7-10,12-13H2,(H,20,22). The predicted molar refractivity (Wildman–Crippen MR) is 99.7 cm³/mol. The molecule has 25 heavy (non-hydrogen) atoms. The fourth-order valence-corrected chi connectivity index (χ4v) is 3.87. The fraction of sp³-hybridized carbons (Fsp3) is 0.316. The van der Waals surface area contributed by atoms with Crippen LogP contribution in [-0.4, -0.2) is 37.3 Å². The molecule has 1 fully saturated rings.